The first-order chi connectivity index (χ1) is 9.32. The quantitative estimate of drug-likeness (QED) is 0.827. The van der Waals surface area contributed by atoms with Crippen LogP contribution in [0.5, 0.6) is 5.75 Å². The van der Waals surface area contributed by atoms with Gasteiger partial charge in [0.05, 0.1) is 17.7 Å². The van der Waals surface area contributed by atoms with Gasteiger partial charge in [0.15, 0.2) is 0 Å². The standard InChI is InChI=1S/C14H21ClN2O3/c1-9-4-5-12(11(15)8-9)20-7-6-17(3)14(19)13(16)10(2)18/h4-5,8,10,13,18H,6-7,16H2,1-3H3/t10-,13+/m1/s1. The Labute approximate surface area is 124 Å². The highest BCUT2D eigenvalue weighted by Gasteiger charge is 2.22. The Morgan fingerprint density at radius 1 is 1.55 bits per heavy atom. The number of nitrogens with zero attached hydrogens (tertiary/aromatic N) is 1. The zero-order valence-corrected chi connectivity index (χ0v) is 12.7. The molecule has 6 heteroatoms. The van der Waals surface area contributed by atoms with Crippen LogP contribution in [-0.2, 0) is 4.79 Å². The minimum atomic E-state index is -0.914. The normalized spacial score (nSPS) is 13.7. The molecule has 0 radical (unpaired) electrons. The number of ether oxygens (including phenoxy) is 1. The van der Waals surface area contributed by atoms with Crippen LogP contribution < -0.4 is 10.5 Å². The molecule has 1 aromatic carbocycles. The predicted molar refractivity (Wildman–Crippen MR) is 79.0 cm³/mol. The van der Waals surface area contributed by atoms with Crippen molar-refractivity contribution >= 4 is 17.5 Å². The summed E-state index contributed by atoms with van der Waals surface area (Å²) in [5, 5.41) is 9.83. The smallest absolute Gasteiger partial charge is 0.242 e. The van der Waals surface area contributed by atoms with Crippen molar-refractivity contribution in [2.45, 2.75) is 26.0 Å². The summed E-state index contributed by atoms with van der Waals surface area (Å²) in [5.41, 5.74) is 6.63. The summed E-state index contributed by atoms with van der Waals surface area (Å²) >= 11 is 6.04. The van der Waals surface area contributed by atoms with Crippen molar-refractivity contribution in [2.75, 3.05) is 20.2 Å². The molecule has 0 unspecified atom stereocenters. The van der Waals surface area contributed by atoms with Crippen LogP contribution >= 0.6 is 11.6 Å². The number of carbonyl (C=O) groups excluding carboxylic acids is 1. The van der Waals surface area contributed by atoms with Gasteiger partial charge in [-0.2, -0.15) is 0 Å². The van der Waals surface area contributed by atoms with Crippen LogP contribution in [-0.4, -0.2) is 48.3 Å². The van der Waals surface area contributed by atoms with Crippen LogP contribution in [0.4, 0.5) is 0 Å². The lowest BCUT2D eigenvalue weighted by Crippen LogP contribution is -2.48. The molecule has 0 aliphatic rings. The average Bonchev–Trinajstić information content (AvgIpc) is 2.39. The fourth-order valence-electron chi connectivity index (χ4n) is 1.59. The van der Waals surface area contributed by atoms with Crippen molar-refractivity contribution in [3.63, 3.8) is 0 Å². The van der Waals surface area contributed by atoms with Gasteiger partial charge in [-0.25, -0.2) is 0 Å². The maximum atomic E-state index is 11.8. The maximum Gasteiger partial charge on any atom is 0.242 e. The molecule has 1 rings (SSSR count). The number of aliphatic hydroxyl groups is 1. The largest absolute Gasteiger partial charge is 0.490 e. The van der Waals surface area contributed by atoms with Gasteiger partial charge in [0.1, 0.15) is 18.4 Å². The summed E-state index contributed by atoms with van der Waals surface area (Å²) < 4.78 is 5.52. The van der Waals surface area contributed by atoms with Gasteiger partial charge < -0.3 is 20.5 Å². The number of hydrogen-bond donors (Lipinski definition) is 2. The van der Waals surface area contributed by atoms with E-state index in [9.17, 15) is 9.90 Å². The molecule has 0 saturated heterocycles. The van der Waals surface area contributed by atoms with Crippen molar-refractivity contribution in [3.05, 3.63) is 28.8 Å². The monoisotopic (exact) mass is 300 g/mol. The summed E-state index contributed by atoms with van der Waals surface area (Å²) in [5.74, 6) is 0.261. The van der Waals surface area contributed by atoms with Crippen LogP contribution in [0.1, 0.15) is 12.5 Å². The van der Waals surface area contributed by atoms with Crippen LogP contribution in [0.3, 0.4) is 0 Å². The molecular formula is C14H21ClN2O3. The SMILES string of the molecule is Cc1ccc(OCCN(C)C(=O)[C@@H](N)[C@@H](C)O)c(Cl)c1. The topological polar surface area (TPSA) is 75.8 Å². The van der Waals surface area contributed by atoms with E-state index in [4.69, 9.17) is 22.1 Å². The second-order valence-corrected chi connectivity index (χ2v) is 5.22. The van der Waals surface area contributed by atoms with Crippen molar-refractivity contribution in [2.24, 2.45) is 5.73 Å². The number of benzene rings is 1. The fraction of sp³-hybridized carbons (Fsp3) is 0.500. The van der Waals surface area contributed by atoms with E-state index in [-0.39, 0.29) is 5.91 Å². The van der Waals surface area contributed by atoms with Crippen LogP contribution in [0.15, 0.2) is 18.2 Å². The highest BCUT2D eigenvalue weighted by Crippen LogP contribution is 2.24. The number of aliphatic hydroxyl groups excluding tert-OH is 1. The van der Waals surface area contributed by atoms with E-state index >= 15 is 0 Å². The highest BCUT2D eigenvalue weighted by molar-refractivity contribution is 6.32. The molecule has 0 fully saturated rings. The highest BCUT2D eigenvalue weighted by atomic mass is 35.5. The van der Waals surface area contributed by atoms with Gasteiger partial charge in [0.25, 0.3) is 0 Å². The van der Waals surface area contributed by atoms with Gasteiger partial charge in [-0.05, 0) is 31.5 Å². The number of likely N-dealkylation sites (N-methyl/N-ethyl adjacent to an activating group) is 1. The number of halogens is 1. The molecular weight excluding hydrogens is 280 g/mol. The Hall–Kier alpha value is -1.30. The molecule has 0 aliphatic heterocycles. The lowest BCUT2D eigenvalue weighted by atomic mass is 10.2. The molecule has 0 bridgehead atoms. The summed E-state index contributed by atoms with van der Waals surface area (Å²) in [6.45, 7) is 4.10. The van der Waals surface area contributed by atoms with Gasteiger partial charge in [-0.3, -0.25) is 4.79 Å². The molecule has 0 saturated carbocycles. The summed E-state index contributed by atoms with van der Waals surface area (Å²) in [6.07, 6.45) is -0.877. The van der Waals surface area contributed by atoms with Crippen molar-refractivity contribution in [1.82, 2.24) is 4.90 Å². The minimum Gasteiger partial charge on any atom is -0.490 e. The third kappa shape index (κ3) is 4.67. The van der Waals surface area contributed by atoms with Crippen LogP contribution in [0.2, 0.25) is 5.02 Å². The van der Waals surface area contributed by atoms with E-state index < -0.39 is 12.1 Å². The molecule has 20 heavy (non-hydrogen) atoms. The minimum absolute atomic E-state index is 0.303. The predicted octanol–water partition coefficient (Wildman–Crippen LogP) is 1.19. The molecule has 2 atom stereocenters. The fourth-order valence-corrected chi connectivity index (χ4v) is 1.88. The molecule has 112 valence electrons. The van der Waals surface area contributed by atoms with Gasteiger partial charge in [-0.1, -0.05) is 17.7 Å². The lowest BCUT2D eigenvalue weighted by molar-refractivity contribution is -0.133. The first-order valence-corrected chi connectivity index (χ1v) is 6.78. The number of aryl methyl sites for hydroxylation is 1. The maximum absolute atomic E-state index is 11.8. The number of amides is 1. The number of carbonyl (C=O) groups is 1. The number of rotatable bonds is 6. The lowest BCUT2D eigenvalue weighted by Gasteiger charge is -2.22. The molecule has 0 aromatic heterocycles. The van der Waals surface area contributed by atoms with E-state index in [1.807, 2.05) is 19.1 Å². The summed E-state index contributed by atoms with van der Waals surface area (Å²) in [6, 6.07) is 4.60. The van der Waals surface area contributed by atoms with E-state index in [1.54, 1.807) is 13.1 Å². The average molecular weight is 301 g/mol. The molecule has 1 amide bonds. The molecule has 5 nitrogen and oxygen atoms in total. The van der Waals surface area contributed by atoms with Crippen molar-refractivity contribution in [3.8, 4) is 5.75 Å². The molecule has 0 heterocycles. The Bertz CT molecular complexity index is 466. The second kappa shape index (κ2) is 7.47. The zero-order valence-electron chi connectivity index (χ0n) is 12.0. The number of hydrogen-bond acceptors (Lipinski definition) is 4. The van der Waals surface area contributed by atoms with E-state index in [1.165, 1.54) is 11.8 Å². The van der Waals surface area contributed by atoms with Crippen LogP contribution in [0, 0.1) is 6.92 Å². The van der Waals surface area contributed by atoms with Gasteiger partial charge in [-0.15, -0.1) is 0 Å². The third-order valence-corrected chi connectivity index (χ3v) is 3.25. The van der Waals surface area contributed by atoms with Crippen molar-refractivity contribution in [1.29, 1.82) is 0 Å². The summed E-state index contributed by atoms with van der Waals surface area (Å²) in [7, 11) is 1.62. The third-order valence-electron chi connectivity index (χ3n) is 2.95. The first kappa shape index (κ1) is 16.8. The molecule has 0 spiro atoms. The van der Waals surface area contributed by atoms with Gasteiger partial charge in [0, 0.05) is 7.05 Å². The van der Waals surface area contributed by atoms with Crippen LogP contribution in [0.25, 0.3) is 0 Å². The Balaban J connectivity index is 2.46. The van der Waals surface area contributed by atoms with E-state index in [0.29, 0.717) is 23.9 Å². The summed E-state index contributed by atoms with van der Waals surface area (Å²) in [4.78, 5) is 13.2. The first-order valence-electron chi connectivity index (χ1n) is 6.40. The Kier molecular flexibility index (Phi) is 6.26. The van der Waals surface area contributed by atoms with E-state index in [2.05, 4.69) is 0 Å². The molecule has 1 aromatic rings. The number of nitrogens with two attached hydrogens (primary N) is 1. The van der Waals surface area contributed by atoms with E-state index in [0.717, 1.165) is 5.56 Å². The molecule has 0 aliphatic carbocycles. The van der Waals surface area contributed by atoms with Crippen molar-refractivity contribution < 1.29 is 14.6 Å². The van der Waals surface area contributed by atoms with Gasteiger partial charge >= 0.3 is 0 Å². The zero-order chi connectivity index (χ0) is 15.3. The molecule has 3 N–H and O–H groups in total. The Morgan fingerprint density at radius 2 is 2.20 bits per heavy atom. The Morgan fingerprint density at radius 3 is 2.75 bits per heavy atom. The van der Waals surface area contributed by atoms with Gasteiger partial charge in [0.2, 0.25) is 5.91 Å². The second-order valence-electron chi connectivity index (χ2n) is 4.81.